The molecule has 0 aliphatic carbocycles. The molecule has 1 amide bonds. The fourth-order valence-electron chi connectivity index (χ4n) is 3.22. The van der Waals surface area contributed by atoms with Crippen molar-refractivity contribution < 1.29 is 19.2 Å². The number of hydrogen-bond donors (Lipinski definition) is 1. The number of fused-ring (bicyclic) bond motifs is 1. The summed E-state index contributed by atoms with van der Waals surface area (Å²) < 4.78 is 11.8. The molecule has 0 spiro atoms. The van der Waals surface area contributed by atoms with E-state index < -0.39 is 0 Å². The number of benzene rings is 2. The molecule has 0 bridgehead atoms. The summed E-state index contributed by atoms with van der Waals surface area (Å²) >= 11 is 1.55. The number of carbonyl (C=O) groups is 1. The molecule has 0 aliphatic heterocycles. The lowest BCUT2D eigenvalue weighted by Crippen LogP contribution is -3.06. The number of methoxy groups -OCH3 is 2. The van der Waals surface area contributed by atoms with E-state index in [0.29, 0.717) is 23.6 Å². The Bertz CT molecular complexity index is 1030. The summed E-state index contributed by atoms with van der Waals surface area (Å²) in [4.78, 5) is 21.3. The third-order valence-electron chi connectivity index (χ3n) is 4.76. The lowest BCUT2D eigenvalue weighted by molar-refractivity contribution is -0.856. The van der Waals surface area contributed by atoms with Crippen LogP contribution in [0.5, 0.6) is 11.5 Å². The zero-order valence-corrected chi connectivity index (χ0v) is 18.6. The first kappa shape index (κ1) is 21.1. The summed E-state index contributed by atoms with van der Waals surface area (Å²) in [6.07, 6.45) is 0. The summed E-state index contributed by atoms with van der Waals surface area (Å²) in [6.45, 7) is 5.53. The topological polar surface area (TPSA) is 56.1 Å². The summed E-state index contributed by atoms with van der Waals surface area (Å²) in [5.41, 5.74) is 3.82. The molecule has 1 aromatic heterocycles. The number of ether oxygens (including phenoxy) is 2. The van der Waals surface area contributed by atoms with Gasteiger partial charge in [0.25, 0.3) is 5.91 Å². The molecule has 3 aromatic rings. The van der Waals surface area contributed by atoms with Gasteiger partial charge in [-0.2, -0.15) is 0 Å². The Morgan fingerprint density at radius 3 is 2.48 bits per heavy atom. The highest BCUT2D eigenvalue weighted by atomic mass is 32.1. The van der Waals surface area contributed by atoms with Crippen LogP contribution in [0, 0.1) is 13.8 Å². The number of hydrogen-bond acceptors (Lipinski definition) is 5. The molecular formula is C22H28N3O3S+. The van der Waals surface area contributed by atoms with E-state index in [0.717, 1.165) is 27.5 Å². The first-order chi connectivity index (χ1) is 13.8. The van der Waals surface area contributed by atoms with Crippen LogP contribution in [0.4, 0.5) is 5.13 Å². The van der Waals surface area contributed by atoms with Crippen LogP contribution in [-0.2, 0) is 0 Å². The standard InChI is InChI=1S/C22H27N3O3S/c1-14-11-15(2)20-19(12-14)29-22(23-20)25(10-9-24(3)4)21(26)16-7-8-17(27-5)18(13-16)28-6/h7-8,11-13H,9-10H2,1-6H3/p+1. The van der Waals surface area contributed by atoms with Gasteiger partial charge in [-0.05, 0) is 49.2 Å². The number of rotatable bonds is 7. The highest BCUT2D eigenvalue weighted by molar-refractivity contribution is 7.22. The van der Waals surface area contributed by atoms with Crippen molar-refractivity contribution in [3.05, 3.63) is 47.0 Å². The summed E-state index contributed by atoms with van der Waals surface area (Å²) in [7, 11) is 7.30. The van der Waals surface area contributed by atoms with Gasteiger partial charge >= 0.3 is 0 Å². The monoisotopic (exact) mass is 414 g/mol. The number of anilines is 1. The molecule has 3 rings (SSSR count). The Balaban J connectivity index is 2.03. The Morgan fingerprint density at radius 2 is 1.83 bits per heavy atom. The Hall–Kier alpha value is -2.64. The first-order valence-corrected chi connectivity index (χ1v) is 10.4. The molecule has 0 radical (unpaired) electrons. The van der Waals surface area contributed by atoms with Gasteiger partial charge in [0.2, 0.25) is 0 Å². The SMILES string of the molecule is COc1ccc(C(=O)N(CC[NH+](C)C)c2nc3c(C)cc(C)cc3s2)cc1OC. The van der Waals surface area contributed by atoms with Crippen LogP contribution < -0.4 is 19.3 Å². The number of aryl methyl sites for hydroxylation is 2. The lowest BCUT2D eigenvalue weighted by atomic mass is 10.1. The average molecular weight is 415 g/mol. The first-order valence-electron chi connectivity index (χ1n) is 9.54. The maximum atomic E-state index is 13.4. The average Bonchev–Trinajstić information content (AvgIpc) is 3.11. The molecule has 0 atom stereocenters. The molecule has 0 aliphatic rings. The van der Waals surface area contributed by atoms with E-state index in [1.807, 2.05) is 0 Å². The number of quaternary nitrogens is 1. The fraction of sp³-hybridized carbons (Fsp3) is 0.364. The molecule has 0 fully saturated rings. The molecule has 7 heteroatoms. The van der Waals surface area contributed by atoms with E-state index in [1.165, 1.54) is 10.5 Å². The summed E-state index contributed by atoms with van der Waals surface area (Å²) in [5.74, 6) is 1.03. The Morgan fingerprint density at radius 1 is 1.10 bits per heavy atom. The predicted molar refractivity (Wildman–Crippen MR) is 118 cm³/mol. The van der Waals surface area contributed by atoms with Crippen molar-refractivity contribution in [2.24, 2.45) is 0 Å². The highest BCUT2D eigenvalue weighted by Gasteiger charge is 2.23. The van der Waals surface area contributed by atoms with Gasteiger partial charge in [-0.1, -0.05) is 17.4 Å². The maximum absolute atomic E-state index is 13.4. The van der Waals surface area contributed by atoms with Crippen molar-refractivity contribution >= 4 is 32.6 Å². The van der Waals surface area contributed by atoms with Crippen LogP contribution in [-0.4, -0.2) is 52.3 Å². The number of aromatic nitrogens is 1. The molecule has 0 saturated carbocycles. The van der Waals surface area contributed by atoms with E-state index in [2.05, 4.69) is 40.1 Å². The van der Waals surface area contributed by atoms with Gasteiger partial charge in [-0.3, -0.25) is 9.69 Å². The number of nitrogens with zero attached hydrogens (tertiary/aromatic N) is 2. The quantitative estimate of drug-likeness (QED) is 0.646. The van der Waals surface area contributed by atoms with Gasteiger partial charge in [0.1, 0.15) is 0 Å². The normalized spacial score (nSPS) is 11.1. The summed E-state index contributed by atoms with van der Waals surface area (Å²) in [6, 6.07) is 9.49. The third kappa shape index (κ3) is 4.52. The van der Waals surface area contributed by atoms with Crippen molar-refractivity contribution in [1.29, 1.82) is 0 Å². The van der Waals surface area contributed by atoms with Gasteiger partial charge in [0.15, 0.2) is 16.6 Å². The van der Waals surface area contributed by atoms with Gasteiger partial charge in [-0.25, -0.2) is 4.98 Å². The van der Waals surface area contributed by atoms with Crippen LogP contribution in [0.25, 0.3) is 10.2 Å². The Kier molecular flexibility index (Phi) is 6.39. The minimum atomic E-state index is -0.0966. The number of nitrogens with one attached hydrogen (secondary N) is 1. The second-order valence-electron chi connectivity index (χ2n) is 7.41. The van der Waals surface area contributed by atoms with E-state index in [1.54, 1.807) is 48.7 Å². The molecule has 0 unspecified atom stereocenters. The van der Waals surface area contributed by atoms with Gasteiger partial charge in [-0.15, -0.1) is 0 Å². The van der Waals surface area contributed by atoms with Crippen molar-refractivity contribution in [2.45, 2.75) is 13.8 Å². The second kappa shape index (κ2) is 8.80. The minimum absolute atomic E-state index is 0.0966. The highest BCUT2D eigenvalue weighted by Crippen LogP contribution is 2.33. The molecular weight excluding hydrogens is 386 g/mol. The molecule has 1 N–H and O–H groups in total. The molecule has 0 saturated heterocycles. The van der Waals surface area contributed by atoms with Crippen LogP contribution in [0.15, 0.2) is 30.3 Å². The predicted octanol–water partition coefficient (Wildman–Crippen LogP) is 2.72. The van der Waals surface area contributed by atoms with Gasteiger partial charge in [0, 0.05) is 5.56 Å². The van der Waals surface area contributed by atoms with Crippen molar-refractivity contribution in [2.75, 3.05) is 46.3 Å². The van der Waals surface area contributed by atoms with Crippen LogP contribution >= 0.6 is 11.3 Å². The molecule has 1 heterocycles. The van der Waals surface area contributed by atoms with Crippen molar-refractivity contribution in [3.63, 3.8) is 0 Å². The number of amides is 1. The largest absolute Gasteiger partial charge is 0.493 e. The number of thiazole rings is 1. The fourth-order valence-corrected chi connectivity index (χ4v) is 4.39. The zero-order chi connectivity index (χ0) is 21.1. The zero-order valence-electron chi connectivity index (χ0n) is 17.8. The van der Waals surface area contributed by atoms with Crippen LogP contribution in [0.2, 0.25) is 0 Å². The number of likely N-dealkylation sites (N-methyl/N-ethyl adjacent to an activating group) is 1. The second-order valence-corrected chi connectivity index (χ2v) is 8.42. The molecule has 154 valence electrons. The van der Waals surface area contributed by atoms with E-state index >= 15 is 0 Å². The van der Waals surface area contributed by atoms with Gasteiger partial charge < -0.3 is 14.4 Å². The van der Waals surface area contributed by atoms with Crippen LogP contribution in [0.3, 0.4) is 0 Å². The van der Waals surface area contributed by atoms with E-state index in [4.69, 9.17) is 14.5 Å². The van der Waals surface area contributed by atoms with Crippen molar-refractivity contribution in [1.82, 2.24) is 4.98 Å². The Labute approximate surface area is 175 Å². The molecule has 2 aromatic carbocycles. The molecule has 29 heavy (non-hydrogen) atoms. The van der Waals surface area contributed by atoms with Gasteiger partial charge in [0.05, 0.1) is 51.6 Å². The van der Waals surface area contributed by atoms with E-state index in [-0.39, 0.29) is 5.91 Å². The minimum Gasteiger partial charge on any atom is -0.493 e. The number of carbonyl (C=O) groups excluding carboxylic acids is 1. The third-order valence-corrected chi connectivity index (χ3v) is 5.79. The smallest absolute Gasteiger partial charge is 0.260 e. The molecule has 6 nitrogen and oxygen atoms in total. The van der Waals surface area contributed by atoms with Crippen LogP contribution in [0.1, 0.15) is 21.5 Å². The van der Waals surface area contributed by atoms with E-state index in [9.17, 15) is 4.79 Å². The maximum Gasteiger partial charge on any atom is 0.260 e. The van der Waals surface area contributed by atoms with Crippen molar-refractivity contribution in [3.8, 4) is 11.5 Å². The summed E-state index contributed by atoms with van der Waals surface area (Å²) in [5, 5.41) is 0.717. The lowest BCUT2D eigenvalue weighted by Gasteiger charge is -2.21.